The van der Waals surface area contributed by atoms with Crippen LogP contribution in [0.3, 0.4) is 0 Å². The van der Waals surface area contributed by atoms with E-state index >= 15 is 0 Å². The van der Waals surface area contributed by atoms with Crippen molar-refractivity contribution in [3.8, 4) is 5.75 Å². The highest BCUT2D eigenvalue weighted by atomic mass is 35.5. The molecule has 4 N–H and O–H groups in total. The van der Waals surface area contributed by atoms with Gasteiger partial charge in [-0.1, -0.05) is 23.7 Å². The molecule has 1 saturated heterocycles. The van der Waals surface area contributed by atoms with Crippen LogP contribution in [0.15, 0.2) is 47.5 Å². The van der Waals surface area contributed by atoms with E-state index in [-0.39, 0.29) is 41.4 Å². The molecule has 3 heterocycles. The Hall–Kier alpha value is -3.00. The zero-order chi connectivity index (χ0) is 28.3. The van der Waals surface area contributed by atoms with Crippen LogP contribution in [0.25, 0.3) is 0 Å². The fourth-order valence-corrected chi connectivity index (χ4v) is 6.84. The summed E-state index contributed by atoms with van der Waals surface area (Å²) in [6, 6.07) is 10.6. The number of benzene rings is 2. The minimum atomic E-state index is -3.85. The van der Waals surface area contributed by atoms with Gasteiger partial charge in [0.15, 0.2) is 5.82 Å². The topological polar surface area (TPSA) is 140 Å². The Labute approximate surface area is 238 Å². The number of anilines is 4. The summed E-state index contributed by atoms with van der Waals surface area (Å²) in [6.07, 6.45) is 2.85. The smallest absolute Gasteiger partial charge is 0.245 e. The van der Waals surface area contributed by atoms with E-state index in [9.17, 15) is 18.6 Å². The maximum atomic E-state index is 13.3. The second-order valence-corrected chi connectivity index (χ2v) is 12.1. The molecule has 11 nitrogen and oxygen atoms in total. The first-order valence-electron chi connectivity index (χ1n) is 13.2. The predicted octanol–water partition coefficient (Wildman–Crippen LogP) is 2.77. The van der Waals surface area contributed by atoms with Crippen molar-refractivity contribution in [1.82, 2.24) is 19.2 Å². The van der Waals surface area contributed by atoms with Gasteiger partial charge >= 0.3 is 0 Å². The minimum Gasteiger partial charge on any atom is -0.495 e. The molecule has 1 fully saturated rings. The highest BCUT2D eigenvalue weighted by Crippen LogP contribution is 2.34. The third-order valence-corrected chi connectivity index (χ3v) is 9.41. The molecule has 3 aromatic rings. The van der Waals surface area contributed by atoms with Crippen LogP contribution in [-0.4, -0.2) is 90.3 Å². The number of aromatic nitrogens is 2. The molecule has 1 atom stereocenters. The highest BCUT2D eigenvalue weighted by molar-refractivity contribution is 7.89. The number of ether oxygens (including phenoxy) is 1. The molecule has 214 valence electrons. The monoisotopic (exact) mass is 588 g/mol. The zero-order valence-corrected chi connectivity index (χ0v) is 23.7. The Morgan fingerprint density at radius 3 is 2.55 bits per heavy atom. The molecule has 2 aliphatic heterocycles. The van der Waals surface area contributed by atoms with E-state index in [4.69, 9.17) is 16.3 Å². The minimum absolute atomic E-state index is 0.0566. The maximum Gasteiger partial charge on any atom is 0.245 e. The van der Waals surface area contributed by atoms with Gasteiger partial charge in [-0.15, -0.1) is 0 Å². The lowest BCUT2D eigenvalue weighted by Crippen LogP contribution is -2.30. The van der Waals surface area contributed by atoms with Gasteiger partial charge < -0.3 is 30.5 Å². The molecule has 0 saturated carbocycles. The SMILES string of the molecule is COc1cc2c(cc1Nc1ncc(Cl)c(Nc3ccccc3S(=O)(=O)N3CCC(O)C3)n1)CCN(CCO)CC2. The molecule has 0 aliphatic carbocycles. The molecule has 0 spiro atoms. The fourth-order valence-electron chi connectivity index (χ4n) is 5.06. The number of fused-ring (bicyclic) bond motifs is 1. The van der Waals surface area contributed by atoms with E-state index in [0.29, 0.717) is 30.1 Å². The summed E-state index contributed by atoms with van der Waals surface area (Å²) in [4.78, 5) is 11.2. The van der Waals surface area contributed by atoms with E-state index in [1.807, 2.05) is 12.1 Å². The predicted molar refractivity (Wildman–Crippen MR) is 153 cm³/mol. The molecule has 1 unspecified atom stereocenters. The fraction of sp³-hybridized carbons (Fsp3) is 0.407. The van der Waals surface area contributed by atoms with Crippen LogP contribution in [-0.2, 0) is 22.9 Å². The first kappa shape index (κ1) is 28.5. The lowest BCUT2D eigenvalue weighted by molar-refractivity contribution is 0.189. The van der Waals surface area contributed by atoms with Crippen LogP contribution in [0.4, 0.5) is 23.1 Å². The average molecular weight is 589 g/mol. The molecule has 2 aromatic carbocycles. The van der Waals surface area contributed by atoms with Gasteiger partial charge in [-0.2, -0.15) is 9.29 Å². The van der Waals surface area contributed by atoms with E-state index in [2.05, 4.69) is 25.5 Å². The number of halogens is 1. The molecular weight excluding hydrogens is 556 g/mol. The normalized spacial score (nSPS) is 18.2. The summed E-state index contributed by atoms with van der Waals surface area (Å²) in [5.41, 5.74) is 3.39. The van der Waals surface area contributed by atoms with E-state index < -0.39 is 16.1 Å². The summed E-state index contributed by atoms with van der Waals surface area (Å²) in [5, 5.41) is 25.7. The second-order valence-electron chi connectivity index (χ2n) is 9.83. The molecular formula is C27H33ClN6O5S. The molecule has 1 aromatic heterocycles. The van der Waals surface area contributed by atoms with Crippen molar-refractivity contribution in [3.63, 3.8) is 0 Å². The lowest BCUT2D eigenvalue weighted by Gasteiger charge is -2.19. The number of methoxy groups -OCH3 is 1. The van der Waals surface area contributed by atoms with Crippen LogP contribution in [0.1, 0.15) is 17.5 Å². The molecule has 5 rings (SSSR count). The number of nitrogens with zero attached hydrogens (tertiary/aromatic N) is 4. The first-order valence-corrected chi connectivity index (χ1v) is 15.0. The van der Waals surface area contributed by atoms with Gasteiger partial charge in [-0.3, -0.25) is 0 Å². The quantitative estimate of drug-likeness (QED) is 0.295. The summed E-state index contributed by atoms with van der Waals surface area (Å²) in [6.45, 7) is 2.81. The Morgan fingerprint density at radius 1 is 1.10 bits per heavy atom. The van der Waals surface area contributed by atoms with Crippen molar-refractivity contribution in [3.05, 3.63) is 58.7 Å². The molecule has 0 amide bonds. The maximum absolute atomic E-state index is 13.3. The van der Waals surface area contributed by atoms with Crippen LogP contribution in [0.5, 0.6) is 5.75 Å². The van der Waals surface area contributed by atoms with Crippen LogP contribution < -0.4 is 15.4 Å². The van der Waals surface area contributed by atoms with Crippen LogP contribution in [0.2, 0.25) is 5.02 Å². The third kappa shape index (κ3) is 6.17. The Balaban J connectivity index is 1.40. The van der Waals surface area contributed by atoms with Crippen molar-refractivity contribution in [1.29, 1.82) is 0 Å². The number of rotatable bonds is 9. The van der Waals surface area contributed by atoms with Gasteiger partial charge in [0.25, 0.3) is 0 Å². The number of hydrogen-bond donors (Lipinski definition) is 4. The number of aliphatic hydroxyl groups excluding tert-OH is 2. The number of β-amino-alcohol motifs (C(OH)–C–C–N with tert-alkyl or cyclic N) is 2. The van der Waals surface area contributed by atoms with E-state index in [1.165, 1.54) is 27.7 Å². The molecule has 0 bridgehead atoms. The van der Waals surface area contributed by atoms with Crippen molar-refractivity contribution in [2.75, 3.05) is 57.1 Å². The first-order chi connectivity index (χ1) is 19.3. The van der Waals surface area contributed by atoms with Crippen LogP contribution in [0, 0.1) is 0 Å². The Kier molecular flexibility index (Phi) is 8.74. The van der Waals surface area contributed by atoms with Crippen molar-refractivity contribution in [2.45, 2.75) is 30.3 Å². The summed E-state index contributed by atoms with van der Waals surface area (Å²) >= 11 is 6.42. The summed E-state index contributed by atoms with van der Waals surface area (Å²) < 4.78 is 33.6. The van der Waals surface area contributed by atoms with Gasteiger partial charge in [0, 0.05) is 32.7 Å². The molecule has 0 radical (unpaired) electrons. The standard InChI is InChI=1S/C27H33ClN6O5S/c1-39-24-15-19-7-10-33(12-13-35)9-6-18(19)14-23(24)31-27-29-16-21(28)26(32-27)30-22-4-2-3-5-25(22)40(37,38)34-11-8-20(36)17-34/h2-5,14-16,20,35-36H,6-13,17H2,1H3,(H2,29,30,31,32). The number of hydrogen-bond acceptors (Lipinski definition) is 10. The summed E-state index contributed by atoms with van der Waals surface area (Å²) in [7, 11) is -2.24. The van der Waals surface area contributed by atoms with Crippen molar-refractivity contribution < 1.29 is 23.4 Å². The Morgan fingerprint density at radius 2 is 1.85 bits per heavy atom. The van der Waals surface area contributed by atoms with E-state index in [0.717, 1.165) is 25.9 Å². The van der Waals surface area contributed by atoms with Gasteiger partial charge in [0.2, 0.25) is 16.0 Å². The van der Waals surface area contributed by atoms with Gasteiger partial charge in [0.05, 0.1) is 37.4 Å². The van der Waals surface area contributed by atoms with Gasteiger partial charge in [0.1, 0.15) is 15.7 Å². The van der Waals surface area contributed by atoms with Crippen molar-refractivity contribution >= 4 is 44.8 Å². The average Bonchev–Trinajstić information content (AvgIpc) is 3.30. The molecule has 2 aliphatic rings. The zero-order valence-electron chi connectivity index (χ0n) is 22.2. The highest BCUT2D eigenvalue weighted by Gasteiger charge is 2.33. The molecule has 40 heavy (non-hydrogen) atoms. The largest absolute Gasteiger partial charge is 0.495 e. The van der Waals surface area contributed by atoms with Gasteiger partial charge in [-0.25, -0.2) is 13.4 Å². The number of aliphatic hydroxyl groups is 2. The summed E-state index contributed by atoms with van der Waals surface area (Å²) in [5.74, 6) is 1.13. The molecule has 13 heteroatoms. The third-order valence-electron chi connectivity index (χ3n) is 7.21. The van der Waals surface area contributed by atoms with Crippen molar-refractivity contribution in [2.24, 2.45) is 0 Å². The number of nitrogens with one attached hydrogen (secondary N) is 2. The second kappa shape index (κ2) is 12.2. The lowest BCUT2D eigenvalue weighted by atomic mass is 10.0. The Bertz CT molecular complexity index is 1470. The van der Waals surface area contributed by atoms with E-state index in [1.54, 1.807) is 25.3 Å². The number of para-hydroxylation sites is 1. The van der Waals surface area contributed by atoms with Crippen LogP contribution >= 0.6 is 11.6 Å². The number of sulfonamides is 1. The van der Waals surface area contributed by atoms with Gasteiger partial charge in [-0.05, 0) is 54.7 Å².